The Morgan fingerprint density at radius 1 is 1.03 bits per heavy atom. The predicted molar refractivity (Wildman–Crippen MR) is 150 cm³/mol. The summed E-state index contributed by atoms with van der Waals surface area (Å²) in [5.74, 6) is 2.72. The summed E-state index contributed by atoms with van der Waals surface area (Å²) in [6.07, 6.45) is 20.2. The van der Waals surface area contributed by atoms with Crippen molar-refractivity contribution in [1.29, 1.82) is 0 Å². The molecule has 1 saturated carbocycles. The Bertz CT molecular complexity index is 805. The Kier molecular flexibility index (Phi) is 12.5. The molecule has 0 heterocycles. The van der Waals surface area contributed by atoms with Crippen LogP contribution in [0.3, 0.4) is 0 Å². The fourth-order valence-corrected chi connectivity index (χ4v) is 6.69. The molecule has 0 amide bonds. The van der Waals surface area contributed by atoms with Crippen LogP contribution in [0.15, 0.2) is 30.4 Å². The molecule has 0 aromatic heterocycles. The Morgan fingerprint density at radius 2 is 1.81 bits per heavy atom. The summed E-state index contributed by atoms with van der Waals surface area (Å²) in [5.41, 5.74) is 5.26. The number of hydrogen-bond acceptors (Lipinski definition) is 3. The van der Waals surface area contributed by atoms with Crippen LogP contribution in [0.5, 0.6) is 0 Å². The maximum Gasteiger partial charge on any atom is 0.333 e. The molecule has 3 nitrogen and oxygen atoms in total. The third-order valence-electron chi connectivity index (χ3n) is 8.90. The van der Waals surface area contributed by atoms with Gasteiger partial charge in [-0.2, -0.15) is 0 Å². The summed E-state index contributed by atoms with van der Waals surface area (Å²) >= 11 is 0. The third kappa shape index (κ3) is 9.69. The highest BCUT2D eigenvalue weighted by Crippen LogP contribution is 2.36. The van der Waals surface area contributed by atoms with E-state index >= 15 is 0 Å². The van der Waals surface area contributed by atoms with Crippen molar-refractivity contribution in [2.45, 2.75) is 117 Å². The minimum atomic E-state index is -0.301. The van der Waals surface area contributed by atoms with Gasteiger partial charge in [0.15, 0.2) is 0 Å². The van der Waals surface area contributed by atoms with E-state index in [1.54, 1.807) is 23.6 Å². The monoisotopic (exact) mass is 496 g/mol. The van der Waals surface area contributed by atoms with Crippen LogP contribution in [0.4, 0.5) is 0 Å². The summed E-state index contributed by atoms with van der Waals surface area (Å²) in [6.45, 7) is 8.30. The normalized spacial score (nSPS) is 22.6. The molecule has 1 N–H and O–H groups in total. The molecule has 3 heteroatoms. The van der Waals surface area contributed by atoms with Gasteiger partial charge in [-0.15, -0.1) is 0 Å². The first kappa shape index (κ1) is 29.0. The fraction of sp³-hybridized carbons (Fsp3) is 0.727. The maximum absolute atomic E-state index is 11.6. The molecule has 202 valence electrons. The Labute approximate surface area is 221 Å². The number of rotatable bonds is 15. The first-order chi connectivity index (χ1) is 17.5. The van der Waals surface area contributed by atoms with Crippen LogP contribution in [0, 0.1) is 23.7 Å². The van der Waals surface area contributed by atoms with Crippen molar-refractivity contribution >= 4 is 5.97 Å². The molecule has 0 radical (unpaired) electrons. The smallest absolute Gasteiger partial charge is 0.333 e. The number of aliphatic hydroxyl groups is 1. The summed E-state index contributed by atoms with van der Waals surface area (Å²) in [5, 5.41) is 9.47. The van der Waals surface area contributed by atoms with E-state index in [4.69, 9.17) is 4.74 Å². The molecule has 2 aliphatic rings. The minimum Gasteiger partial charge on any atom is -0.462 e. The molecule has 36 heavy (non-hydrogen) atoms. The third-order valence-corrected chi connectivity index (χ3v) is 8.90. The molecular formula is C33H52O3. The number of benzene rings is 1. The van der Waals surface area contributed by atoms with Crippen molar-refractivity contribution in [3.8, 4) is 0 Å². The standard InChI is InChI=1S/C33H52O3/c1-4-7-27-14-16-32-24-28(15-17-31(32)23-27)9-6-5-8-26-10-12-29(13-11-26)22-30(18-20-34)19-21-36-33(35)25(2)3/h15,17,24,26-27,29-30,34H,2,4-14,16,18-23H2,1,3H3. The number of aliphatic hydroxyl groups excluding tert-OH is 1. The second-order valence-electron chi connectivity index (χ2n) is 12.0. The maximum atomic E-state index is 11.6. The molecule has 2 atom stereocenters. The van der Waals surface area contributed by atoms with Crippen LogP contribution < -0.4 is 0 Å². The lowest BCUT2D eigenvalue weighted by Crippen LogP contribution is -2.19. The summed E-state index contributed by atoms with van der Waals surface area (Å²) < 4.78 is 5.29. The van der Waals surface area contributed by atoms with Crippen molar-refractivity contribution in [1.82, 2.24) is 0 Å². The number of esters is 1. The molecule has 0 aliphatic heterocycles. The summed E-state index contributed by atoms with van der Waals surface area (Å²) in [6, 6.07) is 7.36. The average molecular weight is 497 g/mol. The van der Waals surface area contributed by atoms with Crippen molar-refractivity contribution < 1.29 is 14.6 Å². The molecule has 1 fully saturated rings. The molecule has 2 unspecified atom stereocenters. The van der Waals surface area contributed by atoms with E-state index < -0.39 is 0 Å². The lowest BCUT2D eigenvalue weighted by Gasteiger charge is -2.31. The van der Waals surface area contributed by atoms with Gasteiger partial charge in [0.2, 0.25) is 0 Å². The van der Waals surface area contributed by atoms with Crippen molar-refractivity contribution in [2.75, 3.05) is 13.2 Å². The molecule has 3 rings (SSSR count). The van der Waals surface area contributed by atoms with E-state index in [9.17, 15) is 9.90 Å². The summed E-state index contributed by atoms with van der Waals surface area (Å²) in [7, 11) is 0. The van der Waals surface area contributed by atoms with Crippen LogP contribution >= 0.6 is 0 Å². The molecule has 1 aromatic rings. The van der Waals surface area contributed by atoms with E-state index in [1.165, 1.54) is 83.5 Å². The molecule has 0 saturated heterocycles. The zero-order valence-corrected chi connectivity index (χ0v) is 23.2. The van der Waals surface area contributed by atoms with Gasteiger partial charge in [0.25, 0.3) is 0 Å². The number of carbonyl (C=O) groups is 1. The predicted octanol–water partition coefficient (Wildman–Crippen LogP) is 8.01. The SMILES string of the molecule is C=C(C)C(=O)OCCC(CCO)CC1CCC(CCCCc2ccc3c(c2)CCC(CCC)C3)CC1. The average Bonchev–Trinajstić information content (AvgIpc) is 2.87. The molecule has 0 bridgehead atoms. The van der Waals surface area contributed by atoms with E-state index in [0.29, 0.717) is 18.1 Å². The summed E-state index contributed by atoms with van der Waals surface area (Å²) in [4.78, 5) is 11.6. The topological polar surface area (TPSA) is 46.5 Å². The molecular weight excluding hydrogens is 444 g/mol. The van der Waals surface area contributed by atoms with Gasteiger partial charge in [0.05, 0.1) is 6.61 Å². The first-order valence-electron chi connectivity index (χ1n) is 15.0. The van der Waals surface area contributed by atoms with Crippen LogP contribution in [0.25, 0.3) is 0 Å². The Hall–Kier alpha value is -1.61. The van der Waals surface area contributed by atoms with Gasteiger partial charge >= 0.3 is 5.97 Å². The quantitative estimate of drug-likeness (QED) is 0.152. The van der Waals surface area contributed by atoms with E-state index in [1.807, 2.05) is 0 Å². The van der Waals surface area contributed by atoms with Crippen molar-refractivity contribution in [3.63, 3.8) is 0 Å². The van der Waals surface area contributed by atoms with Gasteiger partial charge in [-0.1, -0.05) is 83.1 Å². The number of carbonyl (C=O) groups excluding carboxylic acids is 1. The lowest BCUT2D eigenvalue weighted by molar-refractivity contribution is -0.139. The number of unbranched alkanes of at least 4 members (excludes halogenated alkanes) is 1. The fourth-order valence-electron chi connectivity index (χ4n) is 6.69. The highest BCUT2D eigenvalue weighted by Gasteiger charge is 2.24. The van der Waals surface area contributed by atoms with Crippen LogP contribution in [0.2, 0.25) is 0 Å². The van der Waals surface area contributed by atoms with Crippen LogP contribution in [0.1, 0.15) is 114 Å². The molecule has 2 aliphatic carbocycles. The number of fused-ring (bicyclic) bond motifs is 1. The van der Waals surface area contributed by atoms with Crippen LogP contribution in [-0.4, -0.2) is 24.3 Å². The first-order valence-corrected chi connectivity index (χ1v) is 15.0. The second-order valence-corrected chi connectivity index (χ2v) is 12.0. The zero-order valence-electron chi connectivity index (χ0n) is 23.2. The second kappa shape index (κ2) is 15.6. The van der Waals surface area contributed by atoms with E-state index in [-0.39, 0.29) is 12.6 Å². The van der Waals surface area contributed by atoms with E-state index in [2.05, 4.69) is 31.7 Å². The molecule has 1 aromatic carbocycles. The Morgan fingerprint density at radius 3 is 2.53 bits per heavy atom. The van der Waals surface area contributed by atoms with E-state index in [0.717, 1.165) is 37.0 Å². The zero-order chi connectivity index (χ0) is 25.8. The van der Waals surface area contributed by atoms with Gasteiger partial charge in [0, 0.05) is 12.2 Å². The number of hydrogen-bond donors (Lipinski definition) is 1. The van der Waals surface area contributed by atoms with Gasteiger partial charge in [-0.05, 0) is 98.7 Å². The highest BCUT2D eigenvalue weighted by atomic mass is 16.5. The number of aryl methyl sites for hydroxylation is 2. The number of ether oxygens (including phenoxy) is 1. The highest BCUT2D eigenvalue weighted by molar-refractivity contribution is 5.86. The van der Waals surface area contributed by atoms with Crippen LogP contribution in [-0.2, 0) is 28.8 Å². The lowest BCUT2D eigenvalue weighted by atomic mass is 9.75. The van der Waals surface area contributed by atoms with Crippen molar-refractivity contribution in [2.24, 2.45) is 23.7 Å². The molecule has 0 spiro atoms. The van der Waals surface area contributed by atoms with Gasteiger partial charge in [-0.25, -0.2) is 4.79 Å². The van der Waals surface area contributed by atoms with Crippen molar-refractivity contribution in [3.05, 3.63) is 47.0 Å². The van der Waals surface area contributed by atoms with Gasteiger partial charge in [-0.3, -0.25) is 0 Å². The minimum absolute atomic E-state index is 0.220. The van der Waals surface area contributed by atoms with Gasteiger partial charge in [0.1, 0.15) is 0 Å². The van der Waals surface area contributed by atoms with Gasteiger partial charge < -0.3 is 9.84 Å². The Balaban J connectivity index is 1.30. The largest absolute Gasteiger partial charge is 0.462 e.